The maximum absolute atomic E-state index is 12.9. The summed E-state index contributed by atoms with van der Waals surface area (Å²) in [5.41, 5.74) is -0.896. The number of nitrogens with one attached hydrogen (secondary N) is 1. The third-order valence-electron chi connectivity index (χ3n) is 3.85. The minimum Gasteiger partial charge on any atom is -0.352 e. The average molecular weight is 343 g/mol. The Balaban J connectivity index is 2.00. The Hall–Kier alpha value is -2.58. The molecule has 24 heavy (non-hydrogen) atoms. The van der Waals surface area contributed by atoms with Crippen molar-refractivity contribution in [2.75, 3.05) is 14.1 Å². The van der Waals surface area contributed by atoms with Crippen molar-refractivity contribution in [3.8, 4) is 0 Å². The molecule has 2 rings (SSSR count). The molecule has 4 amide bonds. The van der Waals surface area contributed by atoms with Gasteiger partial charge in [0.2, 0.25) is 5.91 Å². The summed E-state index contributed by atoms with van der Waals surface area (Å²) < 4.78 is 38.6. The molecular formula is C15H16F3N3O3. The van der Waals surface area contributed by atoms with Crippen molar-refractivity contribution in [2.45, 2.75) is 25.2 Å². The van der Waals surface area contributed by atoms with Crippen molar-refractivity contribution < 1.29 is 27.6 Å². The molecule has 0 spiro atoms. The van der Waals surface area contributed by atoms with E-state index in [4.69, 9.17) is 0 Å². The Morgan fingerprint density at radius 3 is 2.38 bits per heavy atom. The van der Waals surface area contributed by atoms with E-state index in [2.05, 4.69) is 5.32 Å². The van der Waals surface area contributed by atoms with Crippen LogP contribution in [0.4, 0.5) is 18.0 Å². The lowest BCUT2D eigenvalue weighted by atomic mass is 10.1. The van der Waals surface area contributed by atoms with Crippen LogP contribution in [0.3, 0.4) is 0 Å². The number of alkyl halides is 3. The molecule has 0 unspecified atom stereocenters. The van der Waals surface area contributed by atoms with Gasteiger partial charge in [0.25, 0.3) is 5.91 Å². The number of benzene rings is 1. The number of nitrogens with zero attached hydrogens (tertiary/aromatic N) is 2. The van der Waals surface area contributed by atoms with Gasteiger partial charge in [-0.1, -0.05) is 18.2 Å². The molecule has 6 nitrogen and oxygen atoms in total. The second-order valence-electron chi connectivity index (χ2n) is 5.44. The van der Waals surface area contributed by atoms with Gasteiger partial charge in [-0.2, -0.15) is 13.2 Å². The molecule has 0 aromatic heterocycles. The Labute approximate surface area is 136 Å². The number of hydrogen-bond acceptors (Lipinski definition) is 3. The average Bonchev–Trinajstić information content (AvgIpc) is 2.70. The summed E-state index contributed by atoms with van der Waals surface area (Å²) in [6.07, 6.45) is -4.82. The molecule has 1 aromatic rings. The number of amides is 4. The molecule has 1 atom stereocenters. The van der Waals surface area contributed by atoms with E-state index in [1.165, 1.54) is 32.3 Å². The van der Waals surface area contributed by atoms with E-state index >= 15 is 0 Å². The van der Waals surface area contributed by atoms with Gasteiger partial charge in [-0.3, -0.25) is 14.5 Å². The highest BCUT2D eigenvalue weighted by molar-refractivity contribution is 6.05. The van der Waals surface area contributed by atoms with E-state index in [1.54, 1.807) is 0 Å². The van der Waals surface area contributed by atoms with Crippen molar-refractivity contribution >= 4 is 17.8 Å². The zero-order chi connectivity index (χ0) is 18.1. The minimum atomic E-state index is -4.52. The quantitative estimate of drug-likeness (QED) is 0.845. The number of rotatable bonds is 4. The predicted molar refractivity (Wildman–Crippen MR) is 77.6 cm³/mol. The highest BCUT2D eigenvalue weighted by Gasteiger charge is 2.41. The Morgan fingerprint density at radius 1 is 1.21 bits per heavy atom. The number of halogens is 3. The first-order valence-electron chi connectivity index (χ1n) is 7.09. The first-order chi connectivity index (χ1) is 11.1. The SMILES string of the molecule is CN1C(=O)[C@H](CC(=O)NCc2ccccc2C(F)(F)F)N(C)C1=O. The van der Waals surface area contributed by atoms with Gasteiger partial charge in [-0.15, -0.1) is 0 Å². The molecule has 0 saturated carbocycles. The van der Waals surface area contributed by atoms with Gasteiger partial charge in [0.15, 0.2) is 0 Å². The minimum absolute atomic E-state index is 0.0716. The fraction of sp³-hybridized carbons (Fsp3) is 0.400. The summed E-state index contributed by atoms with van der Waals surface area (Å²) in [6, 6.07) is 3.44. The number of likely N-dealkylation sites (N-methyl/N-ethyl adjacent to an activating group) is 2. The summed E-state index contributed by atoms with van der Waals surface area (Å²) in [4.78, 5) is 37.4. The number of imide groups is 1. The van der Waals surface area contributed by atoms with Gasteiger partial charge in [0.1, 0.15) is 6.04 Å². The van der Waals surface area contributed by atoms with Gasteiger partial charge < -0.3 is 10.2 Å². The van der Waals surface area contributed by atoms with Crippen LogP contribution in [0.5, 0.6) is 0 Å². The molecule has 1 fully saturated rings. The zero-order valence-electron chi connectivity index (χ0n) is 13.1. The Kier molecular flexibility index (Phi) is 4.81. The van der Waals surface area contributed by atoms with Crippen molar-refractivity contribution in [1.82, 2.24) is 15.1 Å². The molecule has 0 aliphatic carbocycles. The molecule has 0 radical (unpaired) electrons. The van der Waals surface area contributed by atoms with Crippen molar-refractivity contribution in [1.29, 1.82) is 0 Å². The standard InChI is InChI=1S/C15H16F3N3O3/c1-20-11(13(23)21(2)14(20)24)7-12(22)19-8-9-5-3-4-6-10(9)15(16,17)18/h3-6,11H,7-8H2,1-2H3,(H,19,22)/t11-/m0/s1. The highest BCUT2D eigenvalue weighted by atomic mass is 19.4. The van der Waals surface area contributed by atoms with E-state index in [0.717, 1.165) is 15.9 Å². The highest BCUT2D eigenvalue weighted by Crippen LogP contribution is 2.31. The molecule has 9 heteroatoms. The maximum atomic E-state index is 12.9. The van der Waals surface area contributed by atoms with Crippen LogP contribution in [-0.4, -0.2) is 47.8 Å². The van der Waals surface area contributed by atoms with Gasteiger partial charge in [-0.05, 0) is 11.6 Å². The van der Waals surface area contributed by atoms with Crippen LogP contribution in [0.1, 0.15) is 17.5 Å². The molecular weight excluding hydrogens is 327 g/mol. The largest absolute Gasteiger partial charge is 0.416 e. The van der Waals surface area contributed by atoms with Crippen LogP contribution in [0.25, 0.3) is 0 Å². The fourth-order valence-corrected chi connectivity index (χ4v) is 2.47. The van der Waals surface area contributed by atoms with Crippen molar-refractivity contribution in [3.05, 3.63) is 35.4 Å². The Morgan fingerprint density at radius 2 is 1.83 bits per heavy atom. The molecule has 0 bridgehead atoms. The first-order valence-corrected chi connectivity index (χ1v) is 7.09. The van der Waals surface area contributed by atoms with Crippen molar-refractivity contribution in [3.63, 3.8) is 0 Å². The lowest BCUT2D eigenvalue weighted by Gasteiger charge is -2.16. The predicted octanol–water partition coefficient (Wildman–Crippen LogP) is 1.60. The number of carbonyl (C=O) groups is 3. The molecule has 1 heterocycles. The molecule has 1 N–H and O–H groups in total. The lowest BCUT2D eigenvalue weighted by molar-refractivity contribution is -0.138. The molecule has 1 aliphatic rings. The van der Waals surface area contributed by atoms with E-state index in [0.29, 0.717) is 0 Å². The molecule has 1 saturated heterocycles. The van der Waals surface area contributed by atoms with E-state index in [9.17, 15) is 27.6 Å². The number of carbonyl (C=O) groups excluding carboxylic acids is 3. The summed E-state index contributed by atoms with van der Waals surface area (Å²) in [6.45, 7) is -0.317. The molecule has 130 valence electrons. The zero-order valence-corrected chi connectivity index (χ0v) is 13.1. The third kappa shape index (κ3) is 3.50. The van der Waals surface area contributed by atoms with Crippen LogP contribution in [-0.2, 0) is 22.3 Å². The van der Waals surface area contributed by atoms with Gasteiger partial charge in [-0.25, -0.2) is 4.79 Å². The summed E-state index contributed by atoms with van der Waals surface area (Å²) in [5, 5.41) is 2.36. The summed E-state index contributed by atoms with van der Waals surface area (Å²) >= 11 is 0. The topological polar surface area (TPSA) is 69.7 Å². The van der Waals surface area contributed by atoms with E-state index in [1.807, 2.05) is 0 Å². The third-order valence-corrected chi connectivity index (χ3v) is 3.85. The summed E-state index contributed by atoms with van der Waals surface area (Å²) in [5.74, 6) is -1.13. The second kappa shape index (κ2) is 6.50. The fourth-order valence-electron chi connectivity index (χ4n) is 2.47. The lowest BCUT2D eigenvalue weighted by Crippen LogP contribution is -2.37. The van der Waals surface area contributed by atoms with E-state index in [-0.39, 0.29) is 18.5 Å². The number of urea groups is 1. The molecule has 1 aliphatic heterocycles. The first kappa shape index (κ1) is 17.8. The van der Waals surface area contributed by atoms with Crippen LogP contribution in [0.15, 0.2) is 24.3 Å². The maximum Gasteiger partial charge on any atom is 0.416 e. The molecule has 1 aromatic carbocycles. The van der Waals surface area contributed by atoms with Crippen LogP contribution in [0.2, 0.25) is 0 Å². The van der Waals surface area contributed by atoms with Gasteiger partial charge in [0, 0.05) is 20.6 Å². The smallest absolute Gasteiger partial charge is 0.352 e. The normalized spacial score (nSPS) is 18.3. The Bertz CT molecular complexity index is 675. The monoisotopic (exact) mass is 343 g/mol. The van der Waals surface area contributed by atoms with Gasteiger partial charge in [0.05, 0.1) is 12.0 Å². The summed E-state index contributed by atoms with van der Waals surface area (Å²) in [7, 11) is 2.69. The number of hydrogen-bond donors (Lipinski definition) is 1. The second-order valence-corrected chi connectivity index (χ2v) is 5.44. The van der Waals surface area contributed by atoms with Crippen LogP contribution in [0, 0.1) is 0 Å². The van der Waals surface area contributed by atoms with Crippen LogP contribution >= 0.6 is 0 Å². The van der Waals surface area contributed by atoms with Gasteiger partial charge >= 0.3 is 12.2 Å². The van der Waals surface area contributed by atoms with E-state index < -0.39 is 35.6 Å². The van der Waals surface area contributed by atoms with Crippen LogP contribution < -0.4 is 5.32 Å². The van der Waals surface area contributed by atoms with Crippen molar-refractivity contribution in [2.24, 2.45) is 0 Å².